The molecule has 0 spiro atoms. The van der Waals surface area contributed by atoms with E-state index in [1.165, 1.54) is 22.9 Å². The second-order valence-corrected chi connectivity index (χ2v) is 10.9. The molecule has 2 atom stereocenters. The molecule has 182 valence electrons. The number of methoxy groups -OCH3 is 1. The summed E-state index contributed by atoms with van der Waals surface area (Å²) in [5.74, 6) is 0. The van der Waals surface area contributed by atoms with Gasteiger partial charge in [-0.15, -0.1) is 0 Å². The molecule has 10 nitrogen and oxygen atoms in total. The number of aryl methyl sites for hydroxylation is 1. The zero-order valence-electron chi connectivity index (χ0n) is 18.7. The molecule has 2 aromatic rings. The molecule has 1 amide bonds. The van der Waals surface area contributed by atoms with E-state index in [-0.39, 0.29) is 21.6 Å². The lowest BCUT2D eigenvalue weighted by atomic mass is 10.3. The lowest BCUT2D eigenvalue weighted by molar-refractivity contribution is 0.109. The van der Waals surface area contributed by atoms with E-state index in [9.17, 15) is 18.0 Å². The lowest BCUT2D eigenvalue weighted by Crippen LogP contribution is -2.33. The molecular formula is C22H25ClN4O6S. The molecule has 2 aliphatic carbocycles. The van der Waals surface area contributed by atoms with Gasteiger partial charge in [0.05, 0.1) is 38.7 Å². The number of benzene rings is 1. The number of hydrogen-bond donors (Lipinski definition) is 2. The largest absolute Gasteiger partial charge is 0.465 e. The van der Waals surface area contributed by atoms with Crippen LogP contribution in [0.5, 0.6) is 0 Å². The molecule has 1 aromatic heterocycles. The molecular weight excluding hydrogens is 484 g/mol. The standard InChI is InChI=1S/C17H19ClN2O4S.C5H6N2O2/c1-11-3-8-17(21)20(19-11)12-4-7-16(15(18)9-12)25(22,23)14-6-5-13(10-14)24-2;6-3-5(1-2-5)7-4(8)9/h3-4,7-9,13-14H,5-6,10H2,1-2H3;7H,1-2H2,(H,8,9)/t13-,14-;/m0./s1. The van der Waals surface area contributed by atoms with Crippen LogP contribution in [-0.2, 0) is 14.6 Å². The van der Waals surface area contributed by atoms with E-state index in [0.29, 0.717) is 37.1 Å². The van der Waals surface area contributed by atoms with Gasteiger partial charge >= 0.3 is 6.09 Å². The molecule has 2 saturated carbocycles. The summed E-state index contributed by atoms with van der Waals surface area (Å²) >= 11 is 6.25. The maximum Gasteiger partial charge on any atom is 0.405 e. The number of carboxylic acid groups (broad SMARTS) is 1. The highest BCUT2D eigenvalue weighted by Crippen LogP contribution is 2.35. The van der Waals surface area contributed by atoms with Crippen molar-refractivity contribution >= 4 is 27.5 Å². The number of ether oxygens (including phenoxy) is 1. The smallest absolute Gasteiger partial charge is 0.405 e. The van der Waals surface area contributed by atoms with Crippen molar-refractivity contribution in [3.05, 3.63) is 51.4 Å². The highest BCUT2D eigenvalue weighted by atomic mass is 35.5. The minimum atomic E-state index is -3.55. The Morgan fingerprint density at radius 1 is 1.32 bits per heavy atom. The molecule has 12 heteroatoms. The molecule has 34 heavy (non-hydrogen) atoms. The van der Waals surface area contributed by atoms with Crippen LogP contribution in [0.15, 0.2) is 40.0 Å². The highest BCUT2D eigenvalue weighted by molar-refractivity contribution is 7.92. The van der Waals surface area contributed by atoms with Gasteiger partial charge in [-0.1, -0.05) is 11.6 Å². The fourth-order valence-corrected chi connectivity index (χ4v) is 6.07. The number of aromatic nitrogens is 2. The second kappa shape index (κ2) is 10.1. The maximum atomic E-state index is 12.9. The lowest BCUT2D eigenvalue weighted by Gasteiger charge is -2.14. The highest BCUT2D eigenvalue weighted by Gasteiger charge is 2.44. The first-order chi connectivity index (χ1) is 16.0. The van der Waals surface area contributed by atoms with Gasteiger partial charge in [0.1, 0.15) is 5.54 Å². The van der Waals surface area contributed by atoms with Gasteiger partial charge in [0, 0.05) is 13.2 Å². The topological polar surface area (TPSA) is 151 Å². The first-order valence-electron chi connectivity index (χ1n) is 10.6. The number of carbonyl (C=O) groups is 1. The van der Waals surface area contributed by atoms with Crippen molar-refractivity contribution in [3.8, 4) is 11.8 Å². The summed E-state index contributed by atoms with van der Waals surface area (Å²) in [7, 11) is -1.96. The molecule has 1 heterocycles. The SMILES string of the molecule is CO[C@H]1CC[C@H](S(=O)(=O)c2ccc(-n3nc(C)ccc3=O)cc2Cl)C1.N#CC1(NC(=O)O)CC1. The number of rotatable bonds is 5. The van der Waals surface area contributed by atoms with Crippen LogP contribution in [0.1, 0.15) is 37.8 Å². The van der Waals surface area contributed by atoms with E-state index in [1.807, 2.05) is 6.07 Å². The second-order valence-electron chi connectivity index (χ2n) is 8.30. The number of hydrogen-bond acceptors (Lipinski definition) is 7. The van der Waals surface area contributed by atoms with Gasteiger partial charge < -0.3 is 15.2 Å². The van der Waals surface area contributed by atoms with E-state index in [0.717, 1.165) is 6.42 Å². The summed E-state index contributed by atoms with van der Waals surface area (Å²) in [6.07, 6.45) is 1.89. The van der Waals surface area contributed by atoms with Gasteiger partial charge in [0.2, 0.25) is 0 Å². The third-order valence-electron chi connectivity index (χ3n) is 5.82. The number of nitrogens with one attached hydrogen (secondary N) is 1. The van der Waals surface area contributed by atoms with E-state index in [1.54, 1.807) is 26.2 Å². The Kier molecular flexibility index (Phi) is 7.65. The van der Waals surface area contributed by atoms with Crippen LogP contribution in [0, 0.1) is 18.3 Å². The number of nitriles is 1. The first kappa shape index (κ1) is 25.7. The predicted molar refractivity (Wildman–Crippen MR) is 124 cm³/mol. The van der Waals surface area contributed by atoms with E-state index in [4.69, 9.17) is 26.7 Å². The van der Waals surface area contributed by atoms with Crippen LogP contribution in [-0.4, -0.2) is 53.4 Å². The minimum Gasteiger partial charge on any atom is -0.465 e. The van der Waals surface area contributed by atoms with Gasteiger partial charge in [-0.3, -0.25) is 4.79 Å². The minimum absolute atomic E-state index is 0.0344. The molecule has 0 radical (unpaired) electrons. The van der Waals surface area contributed by atoms with Crippen LogP contribution in [0.4, 0.5) is 4.79 Å². The zero-order chi connectivity index (χ0) is 25.1. The Morgan fingerprint density at radius 3 is 2.53 bits per heavy atom. The average molecular weight is 509 g/mol. The monoisotopic (exact) mass is 508 g/mol. The van der Waals surface area contributed by atoms with Crippen molar-refractivity contribution in [2.45, 2.75) is 60.8 Å². The third-order valence-corrected chi connectivity index (χ3v) is 8.52. The first-order valence-corrected chi connectivity index (χ1v) is 12.5. The van der Waals surface area contributed by atoms with Crippen LogP contribution in [0.3, 0.4) is 0 Å². The Morgan fingerprint density at radius 2 is 2.03 bits per heavy atom. The van der Waals surface area contributed by atoms with Crippen LogP contribution >= 0.6 is 11.6 Å². The predicted octanol–water partition coefficient (Wildman–Crippen LogP) is 2.85. The summed E-state index contributed by atoms with van der Waals surface area (Å²) in [6.45, 7) is 1.77. The summed E-state index contributed by atoms with van der Waals surface area (Å²) in [5.41, 5.74) is 0.0603. The molecule has 0 bridgehead atoms. The van der Waals surface area contributed by atoms with Gasteiger partial charge in [-0.25, -0.2) is 13.2 Å². The van der Waals surface area contributed by atoms with Gasteiger partial charge in [-0.05, 0) is 63.3 Å². The van der Waals surface area contributed by atoms with Gasteiger partial charge in [0.15, 0.2) is 9.84 Å². The third kappa shape index (κ3) is 5.75. The normalized spacial score (nSPS) is 20.5. The number of amides is 1. The fourth-order valence-electron chi connectivity index (χ4n) is 3.71. The average Bonchev–Trinajstić information content (AvgIpc) is 3.37. The van der Waals surface area contributed by atoms with E-state index >= 15 is 0 Å². The zero-order valence-corrected chi connectivity index (χ0v) is 20.3. The molecule has 1 aromatic carbocycles. The summed E-state index contributed by atoms with van der Waals surface area (Å²) < 4.78 is 32.2. The van der Waals surface area contributed by atoms with Crippen molar-refractivity contribution in [3.63, 3.8) is 0 Å². The van der Waals surface area contributed by atoms with Crippen molar-refractivity contribution in [2.24, 2.45) is 0 Å². The Balaban J connectivity index is 0.000000302. The Hall–Kier alpha value is -2.94. The van der Waals surface area contributed by atoms with Crippen LogP contribution in [0.25, 0.3) is 5.69 Å². The Labute approximate surface area is 202 Å². The molecule has 2 N–H and O–H groups in total. The summed E-state index contributed by atoms with van der Waals surface area (Å²) in [4.78, 5) is 22.0. The fraction of sp³-hybridized carbons (Fsp3) is 0.455. The number of sulfone groups is 1. The molecule has 2 aliphatic rings. The quantitative estimate of drug-likeness (QED) is 0.625. The molecule has 2 fully saturated rings. The van der Waals surface area contributed by atoms with Crippen molar-refractivity contribution in [2.75, 3.05) is 7.11 Å². The maximum absolute atomic E-state index is 12.9. The van der Waals surface area contributed by atoms with Crippen molar-refractivity contribution < 1.29 is 23.1 Å². The number of halogens is 1. The molecule has 0 unspecified atom stereocenters. The van der Waals surface area contributed by atoms with Crippen molar-refractivity contribution in [1.29, 1.82) is 5.26 Å². The summed E-state index contributed by atoms with van der Waals surface area (Å²) in [5, 5.41) is 22.4. The molecule has 0 aliphatic heterocycles. The Bertz CT molecular complexity index is 1280. The molecule has 0 saturated heterocycles. The van der Waals surface area contributed by atoms with Crippen LogP contribution < -0.4 is 10.9 Å². The van der Waals surface area contributed by atoms with Crippen molar-refractivity contribution in [1.82, 2.24) is 15.1 Å². The van der Waals surface area contributed by atoms with E-state index < -0.39 is 26.7 Å². The van der Waals surface area contributed by atoms with Gasteiger partial charge in [0.25, 0.3) is 5.56 Å². The van der Waals surface area contributed by atoms with Crippen LogP contribution in [0.2, 0.25) is 5.02 Å². The molecule has 4 rings (SSSR count). The number of nitrogens with zero attached hydrogens (tertiary/aromatic N) is 3. The summed E-state index contributed by atoms with van der Waals surface area (Å²) in [6, 6.07) is 9.38. The van der Waals surface area contributed by atoms with E-state index in [2.05, 4.69) is 10.4 Å². The van der Waals surface area contributed by atoms with Gasteiger partial charge in [-0.2, -0.15) is 15.0 Å².